The van der Waals surface area contributed by atoms with E-state index in [2.05, 4.69) is 6.92 Å². The van der Waals surface area contributed by atoms with Gasteiger partial charge in [0.05, 0.1) is 6.42 Å². The first-order chi connectivity index (χ1) is 9.51. The van der Waals surface area contributed by atoms with Gasteiger partial charge in [-0.2, -0.15) is 0 Å². The first kappa shape index (κ1) is 15.1. The first-order valence-corrected chi connectivity index (χ1v) is 7.74. The van der Waals surface area contributed by atoms with Gasteiger partial charge in [0.15, 0.2) is 0 Å². The fraction of sp³-hybridized carbons (Fsp3) is 0.867. The zero-order chi connectivity index (χ0) is 14.7. The third-order valence-corrected chi connectivity index (χ3v) is 4.93. The van der Waals surface area contributed by atoms with Crippen LogP contribution >= 0.6 is 0 Å². The van der Waals surface area contributed by atoms with E-state index in [-0.39, 0.29) is 18.4 Å². The molecule has 0 unspecified atom stereocenters. The Morgan fingerprint density at radius 2 is 1.75 bits per heavy atom. The predicted molar refractivity (Wildman–Crippen MR) is 76.5 cm³/mol. The predicted octanol–water partition coefficient (Wildman–Crippen LogP) is 2.41. The SMILES string of the molecule is CCC1CCC(N(C)C(=O)N2CC(CC(=O)O)C2)CC1. The topological polar surface area (TPSA) is 60.9 Å². The molecule has 0 aromatic heterocycles. The van der Waals surface area contributed by atoms with Crippen LogP contribution in [0.15, 0.2) is 0 Å². The van der Waals surface area contributed by atoms with E-state index >= 15 is 0 Å². The standard InChI is InChI=1S/C15H26N2O3/c1-3-11-4-6-13(7-5-11)16(2)15(20)17-9-12(10-17)8-14(18)19/h11-13H,3-10H2,1-2H3,(H,18,19). The molecule has 2 amide bonds. The van der Waals surface area contributed by atoms with E-state index < -0.39 is 5.97 Å². The highest BCUT2D eigenvalue weighted by Gasteiger charge is 2.35. The van der Waals surface area contributed by atoms with Crippen molar-refractivity contribution in [2.75, 3.05) is 20.1 Å². The smallest absolute Gasteiger partial charge is 0.320 e. The number of carboxylic acid groups (broad SMARTS) is 1. The number of aliphatic carboxylic acids is 1. The fourth-order valence-electron chi connectivity index (χ4n) is 3.42. The third kappa shape index (κ3) is 3.44. The Morgan fingerprint density at radius 3 is 2.25 bits per heavy atom. The number of rotatable bonds is 4. The van der Waals surface area contributed by atoms with E-state index in [4.69, 9.17) is 5.11 Å². The Balaban J connectivity index is 1.75. The molecule has 2 rings (SSSR count). The normalized spacial score (nSPS) is 27.0. The van der Waals surface area contributed by atoms with Crippen molar-refractivity contribution in [2.45, 2.75) is 51.5 Å². The van der Waals surface area contributed by atoms with Crippen LogP contribution in [0.3, 0.4) is 0 Å². The molecular formula is C15H26N2O3. The van der Waals surface area contributed by atoms with Crippen LogP contribution in [0.5, 0.6) is 0 Å². The summed E-state index contributed by atoms with van der Waals surface area (Å²) in [5.74, 6) is 0.202. The Bertz CT molecular complexity index is 358. The largest absolute Gasteiger partial charge is 0.481 e. The van der Waals surface area contributed by atoms with Gasteiger partial charge in [0, 0.05) is 32.1 Å². The maximum Gasteiger partial charge on any atom is 0.320 e. The molecule has 1 aliphatic heterocycles. The number of likely N-dealkylation sites (tertiary alicyclic amines) is 1. The average molecular weight is 282 g/mol. The summed E-state index contributed by atoms with van der Waals surface area (Å²) < 4.78 is 0. The number of carbonyl (C=O) groups excluding carboxylic acids is 1. The molecule has 0 aromatic rings. The van der Waals surface area contributed by atoms with Gasteiger partial charge in [0.1, 0.15) is 0 Å². The van der Waals surface area contributed by atoms with Gasteiger partial charge in [0.2, 0.25) is 0 Å². The molecule has 2 aliphatic rings. The summed E-state index contributed by atoms with van der Waals surface area (Å²) in [6.45, 7) is 3.43. The molecule has 1 N–H and O–H groups in total. The van der Waals surface area contributed by atoms with Crippen molar-refractivity contribution in [1.82, 2.24) is 9.80 Å². The number of carboxylic acids is 1. The molecule has 0 bridgehead atoms. The van der Waals surface area contributed by atoms with Gasteiger partial charge in [-0.1, -0.05) is 13.3 Å². The molecule has 5 heteroatoms. The van der Waals surface area contributed by atoms with Gasteiger partial charge >= 0.3 is 12.0 Å². The van der Waals surface area contributed by atoms with E-state index in [9.17, 15) is 9.59 Å². The van der Waals surface area contributed by atoms with Crippen molar-refractivity contribution in [2.24, 2.45) is 11.8 Å². The minimum atomic E-state index is -0.770. The minimum Gasteiger partial charge on any atom is -0.481 e. The van der Waals surface area contributed by atoms with Gasteiger partial charge in [0.25, 0.3) is 0 Å². The van der Waals surface area contributed by atoms with Crippen molar-refractivity contribution in [3.05, 3.63) is 0 Å². The van der Waals surface area contributed by atoms with Crippen molar-refractivity contribution in [1.29, 1.82) is 0 Å². The summed E-state index contributed by atoms with van der Waals surface area (Å²) in [5, 5.41) is 8.72. The van der Waals surface area contributed by atoms with Crippen LogP contribution in [0.25, 0.3) is 0 Å². The van der Waals surface area contributed by atoms with Crippen LogP contribution in [-0.2, 0) is 4.79 Å². The molecule has 2 fully saturated rings. The summed E-state index contributed by atoms with van der Waals surface area (Å²) in [4.78, 5) is 26.6. The quantitative estimate of drug-likeness (QED) is 0.861. The summed E-state index contributed by atoms with van der Waals surface area (Å²) in [6.07, 6.45) is 6.07. The highest BCUT2D eigenvalue weighted by Crippen LogP contribution is 2.30. The number of carbonyl (C=O) groups is 2. The summed E-state index contributed by atoms with van der Waals surface area (Å²) in [5.41, 5.74) is 0. The molecule has 0 atom stereocenters. The highest BCUT2D eigenvalue weighted by atomic mass is 16.4. The number of nitrogens with zero attached hydrogens (tertiary/aromatic N) is 2. The van der Waals surface area contributed by atoms with Crippen molar-refractivity contribution < 1.29 is 14.7 Å². The number of hydrogen-bond acceptors (Lipinski definition) is 2. The van der Waals surface area contributed by atoms with Crippen LogP contribution in [0.2, 0.25) is 0 Å². The van der Waals surface area contributed by atoms with Gasteiger partial charge in [-0.25, -0.2) is 4.79 Å². The maximum absolute atomic E-state index is 12.3. The molecule has 1 saturated heterocycles. The first-order valence-electron chi connectivity index (χ1n) is 7.74. The van der Waals surface area contributed by atoms with E-state index in [0.717, 1.165) is 18.8 Å². The Labute approximate surface area is 120 Å². The third-order valence-electron chi connectivity index (χ3n) is 4.93. The lowest BCUT2D eigenvalue weighted by atomic mass is 9.84. The van der Waals surface area contributed by atoms with E-state index in [1.807, 2.05) is 11.9 Å². The lowest BCUT2D eigenvalue weighted by molar-refractivity contribution is -0.139. The van der Waals surface area contributed by atoms with Gasteiger partial charge in [-0.3, -0.25) is 4.79 Å². The van der Waals surface area contributed by atoms with E-state index in [0.29, 0.717) is 19.1 Å². The zero-order valence-corrected chi connectivity index (χ0v) is 12.5. The number of urea groups is 1. The fourth-order valence-corrected chi connectivity index (χ4v) is 3.42. The molecule has 0 aromatic carbocycles. The molecular weight excluding hydrogens is 256 g/mol. The number of hydrogen-bond donors (Lipinski definition) is 1. The van der Waals surface area contributed by atoms with Gasteiger partial charge in [-0.15, -0.1) is 0 Å². The van der Waals surface area contributed by atoms with Gasteiger partial charge < -0.3 is 14.9 Å². The molecule has 1 saturated carbocycles. The van der Waals surface area contributed by atoms with Crippen molar-refractivity contribution in [3.63, 3.8) is 0 Å². The zero-order valence-electron chi connectivity index (χ0n) is 12.5. The second-order valence-electron chi connectivity index (χ2n) is 6.35. The van der Waals surface area contributed by atoms with Crippen LogP contribution in [0.1, 0.15) is 45.4 Å². The summed E-state index contributed by atoms with van der Waals surface area (Å²) in [6, 6.07) is 0.440. The van der Waals surface area contributed by atoms with E-state index in [1.165, 1.54) is 19.3 Å². The monoisotopic (exact) mass is 282 g/mol. The second-order valence-corrected chi connectivity index (χ2v) is 6.35. The molecule has 0 spiro atoms. The van der Waals surface area contributed by atoms with Crippen LogP contribution in [0.4, 0.5) is 4.79 Å². The Hall–Kier alpha value is -1.26. The molecule has 1 heterocycles. The molecule has 5 nitrogen and oxygen atoms in total. The lowest BCUT2D eigenvalue weighted by Crippen LogP contribution is -2.56. The highest BCUT2D eigenvalue weighted by molar-refractivity contribution is 5.76. The summed E-state index contributed by atoms with van der Waals surface area (Å²) in [7, 11) is 1.89. The Morgan fingerprint density at radius 1 is 1.15 bits per heavy atom. The van der Waals surface area contributed by atoms with Gasteiger partial charge in [-0.05, 0) is 31.6 Å². The van der Waals surface area contributed by atoms with Crippen LogP contribution < -0.4 is 0 Å². The van der Waals surface area contributed by atoms with Crippen LogP contribution in [0, 0.1) is 11.8 Å². The molecule has 0 radical (unpaired) electrons. The average Bonchev–Trinajstić information content (AvgIpc) is 2.40. The Kier molecular flexibility index (Phi) is 4.89. The minimum absolute atomic E-state index is 0.0755. The van der Waals surface area contributed by atoms with Crippen LogP contribution in [-0.4, -0.2) is 53.1 Å². The van der Waals surface area contributed by atoms with E-state index in [1.54, 1.807) is 4.90 Å². The summed E-state index contributed by atoms with van der Waals surface area (Å²) >= 11 is 0. The van der Waals surface area contributed by atoms with Crippen molar-refractivity contribution >= 4 is 12.0 Å². The maximum atomic E-state index is 12.3. The van der Waals surface area contributed by atoms with Crippen molar-refractivity contribution in [3.8, 4) is 0 Å². The lowest BCUT2D eigenvalue weighted by Gasteiger charge is -2.43. The molecule has 114 valence electrons. The number of amides is 2. The molecule has 1 aliphatic carbocycles. The second kappa shape index (κ2) is 6.46. The molecule has 20 heavy (non-hydrogen) atoms.